The monoisotopic (exact) mass is 387 g/mol. The molecule has 2 aromatic heterocycles. The van der Waals surface area contributed by atoms with Crippen molar-refractivity contribution in [3.8, 4) is 11.4 Å². The first-order valence-electron chi connectivity index (χ1n) is 8.81. The molecule has 1 aliphatic heterocycles. The first kappa shape index (κ1) is 17.3. The molecule has 1 aliphatic rings. The van der Waals surface area contributed by atoms with Gasteiger partial charge in [0.05, 0.1) is 5.02 Å². The Labute approximate surface area is 162 Å². The van der Waals surface area contributed by atoms with Gasteiger partial charge in [-0.2, -0.15) is 0 Å². The van der Waals surface area contributed by atoms with Crippen molar-refractivity contribution < 1.29 is 0 Å². The molecule has 0 bridgehead atoms. The van der Waals surface area contributed by atoms with Gasteiger partial charge in [-0.05, 0) is 43.2 Å². The number of pyridine rings is 1. The molecular formula is C19H19Cl2N5. The molecule has 3 aromatic rings. The maximum atomic E-state index is 6.46. The van der Waals surface area contributed by atoms with Crippen molar-refractivity contribution in [2.24, 2.45) is 0 Å². The molecule has 0 aliphatic carbocycles. The van der Waals surface area contributed by atoms with Crippen LogP contribution in [0, 0.1) is 0 Å². The van der Waals surface area contributed by atoms with Crippen molar-refractivity contribution in [2.75, 3.05) is 5.32 Å². The molecule has 0 saturated carbocycles. The number of hydrogen-bond acceptors (Lipinski definition) is 4. The molecule has 0 atom stereocenters. The molecule has 0 radical (unpaired) electrons. The van der Waals surface area contributed by atoms with Gasteiger partial charge in [-0.3, -0.25) is 0 Å². The Kier molecular flexibility index (Phi) is 5.09. The fourth-order valence-electron chi connectivity index (χ4n) is 3.20. The van der Waals surface area contributed by atoms with E-state index in [1.165, 1.54) is 19.3 Å². The molecule has 3 heterocycles. The van der Waals surface area contributed by atoms with Gasteiger partial charge in [0, 0.05) is 35.4 Å². The van der Waals surface area contributed by atoms with Crippen LogP contribution in [0.25, 0.3) is 11.4 Å². The van der Waals surface area contributed by atoms with E-state index in [0.717, 1.165) is 42.3 Å². The van der Waals surface area contributed by atoms with Crippen LogP contribution in [0.15, 0.2) is 36.5 Å². The zero-order valence-corrected chi connectivity index (χ0v) is 15.8. The molecule has 0 amide bonds. The van der Waals surface area contributed by atoms with Gasteiger partial charge < -0.3 is 9.88 Å². The second-order valence-corrected chi connectivity index (χ2v) is 7.29. The van der Waals surface area contributed by atoms with Crippen LogP contribution in [0.2, 0.25) is 10.0 Å². The third kappa shape index (κ3) is 3.69. The highest BCUT2D eigenvalue weighted by molar-refractivity contribution is 6.33. The average molecular weight is 388 g/mol. The zero-order chi connectivity index (χ0) is 17.9. The number of nitrogens with one attached hydrogen (secondary N) is 1. The number of aromatic nitrogens is 4. The minimum Gasteiger partial charge on any atom is -0.339 e. The van der Waals surface area contributed by atoms with E-state index in [0.29, 0.717) is 15.9 Å². The predicted octanol–water partition coefficient (Wildman–Crippen LogP) is 5.51. The van der Waals surface area contributed by atoms with E-state index in [9.17, 15) is 0 Å². The predicted molar refractivity (Wildman–Crippen MR) is 105 cm³/mol. The van der Waals surface area contributed by atoms with Crippen LogP contribution < -0.4 is 5.32 Å². The molecule has 0 unspecified atom stereocenters. The Hall–Kier alpha value is -2.11. The lowest BCUT2D eigenvalue weighted by Crippen LogP contribution is -2.09. The number of rotatable bonds is 3. The fraction of sp³-hybridized carbons (Fsp3) is 0.316. The van der Waals surface area contributed by atoms with Crippen molar-refractivity contribution in [1.82, 2.24) is 19.7 Å². The number of fused-ring (bicyclic) bond motifs is 1. The van der Waals surface area contributed by atoms with Gasteiger partial charge in [0.1, 0.15) is 11.6 Å². The molecule has 5 nitrogen and oxygen atoms in total. The number of aryl methyl sites for hydroxylation is 1. The maximum absolute atomic E-state index is 6.46. The molecule has 134 valence electrons. The van der Waals surface area contributed by atoms with Gasteiger partial charge in [-0.25, -0.2) is 4.98 Å². The van der Waals surface area contributed by atoms with Gasteiger partial charge in [0.2, 0.25) is 0 Å². The van der Waals surface area contributed by atoms with Crippen molar-refractivity contribution in [3.63, 3.8) is 0 Å². The van der Waals surface area contributed by atoms with Crippen molar-refractivity contribution >= 4 is 34.7 Å². The highest BCUT2D eigenvalue weighted by atomic mass is 35.5. The topological polar surface area (TPSA) is 55.6 Å². The van der Waals surface area contributed by atoms with Crippen LogP contribution in [0.3, 0.4) is 0 Å². The number of nitrogens with zero attached hydrogens (tertiary/aromatic N) is 4. The summed E-state index contributed by atoms with van der Waals surface area (Å²) in [5.74, 6) is 2.50. The van der Waals surface area contributed by atoms with Gasteiger partial charge in [-0.15, -0.1) is 10.2 Å². The second-order valence-electron chi connectivity index (χ2n) is 6.44. The van der Waals surface area contributed by atoms with Gasteiger partial charge in [0.15, 0.2) is 5.82 Å². The first-order valence-corrected chi connectivity index (χ1v) is 9.57. The van der Waals surface area contributed by atoms with E-state index >= 15 is 0 Å². The summed E-state index contributed by atoms with van der Waals surface area (Å²) in [5.41, 5.74) is 1.76. The normalized spacial score (nSPS) is 14.4. The molecule has 26 heavy (non-hydrogen) atoms. The van der Waals surface area contributed by atoms with E-state index in [-0.39, 0.29) is 0 Å². The minimum atomic E-state index is 0.542. The van der Waals surface area contributed by atoms with Gasteiger partial charge >= 0.3 is 0 Å². The van der Waals surface area contributed by atoms with E-state index < -0.39 is 0 Å². The molecule has 0 fully saturated rings. The number of halogens is 2. The number of anilines is 2. The molecule has 0 spiro atoms. The number of benzene rings is 1. The summed E-state index contributed by atoms with van der Waals surface area (Å²) in [6.45, 7) is 0.945. The minimum absolute atomic E-state index is 0.542. The van der Waals surface area contributed by atoms with Crippen molar-refractivity contribution in [2.45, 2.75) is 38.6 Å². The smallest absolute Gasteiger partial charge is 0.165 e. The Balaban J connectivity index is 1.61. The van der Waals surface area contributed by atoms with Gasteiger partial charge in [0.25, 0.3) is 0 Å². The highest BCUT2D eigenvalue weighted by Crippen LogP contribution is 2.29. The van der Waals surface area contributed by atoms with Gasteiger partial charge in [-0.1, -0.05) is 36.0 Å². The summed E-state index contributed by atoms with van der Waals surface area (Å²) >= 11 is 12.4. The molecule has 1 aromatic carbocycles. The first-order chi connectivity index (χ1) is 12.7. The van der Waals surface area contributed by atoms with E-state index in [1.807, 2.05) is 30.3 Å². The Morgan fingerprint density at radius 2 is 1.77 bits per heavy atom. The van der Waals surface area contributed by atoms with Crippen LogP contribution in [0.1, 0.15) is 31.5 Å². The lowest BCUT2D eigenvalue weighted by molar-refractivity contribution is 0.518. The van der Waals surface area contributed by atoms with E-state index in [2.05, 4.69) is 25.1 Å². The summed E-state index contributed by atoms with van der Waals surface area (Å²) in [6.07, 6.45) is 7.60. The lowest BCUT2D eigenvalue weighted by Gasteiger charge is -2.14. The highest BCUT2D eigenvalue weighted by Gasteiger charge is 2.16. The van der Waals surface area contributed by atoms with E-state index in [4.69, 9.17) is 23.2 Å². The molecule has 1 N–H and O–H groups in total. The molecule has 0 saturated heterocycles. The van der Waals surface area contributed by atoms with E-state index in [1.54, 1.807) is 6.20 Å². The summed E-state index contributed by atoms with van der Waals surface area (Å²) in [4.78, 5) is 4.49. The Bertz CT molecular complexity index is 905. The average Bonchev–Trinajstić information content (AvgIpc) is 3.00. The maximum Gasteiger partial charge on any atom is 0.165 e. The summed E-state index contributed by atoms with van der Waals surface area (Å²) in [6, 6.07) is 9.30. The summed E-state index contributed by atoms with van der Waals surface area (Å²) < 4.78 is 2.21. The van der Waals surface area contributed by atoms with Crippen LogP contribution in [-0.4, -0.2) is 19.7 Å². The Morgan fingerprint density at radius 3 is 2.58 bits per heavy atom. The van der Waals surface area contributed by atoms with Crippen molar-refractivity contribution in [1.29, 1.82) is 0 Å². The number of hydrogen-bond donors (Lipinski definition) is 1. The summed E-state index contributed by atoms with van der Waals surface area (Å²) in [5, 5.41) is 13.2. The van der Waals surface area contributed by atoms with Crippen LogP contribution in [-0.2, 0) is 13.0 Å². The largest absolute Gasteiger partial charge is 0.339 e. The molecule has 7 heteroatoms. The SMILES string of the molecule is Clc1ccc(Nc2ncc(-c3nnc4n3CCCCCC4)cc2Cl)cc1. The quantitative estimate of drug-likeness (QED) is 0.643. The second kappa shape index (κ2) is 7.64. The molecular weight excluding hydrogens is 369 g/mol. The molecule has 4 rings (SSSR count). The van der Waals surface area contributed by atoms with Crippen LogP contribution >= 0.6 is 23.2 Å². The zero-order valence-electron chi connectivity index (χ0n) is 14.3. The third-order valence-electron chi connectivity index (χ3n) is 4.57. The third-order valence-corrected chi connectivity index (χ3v) is 5.11. The summed E-state index contributed by atoms with van der Waals surface area (Å²) in [7, 11) is 0. The standard InChI is InChI=1S/C19H19Cl2N5/c20-14-6-8-15(9-7-14)23-18-16(21)11-13(12-22-18)19-25-24-17-5-3-1-2-4-10-26(17)19/h6-9,11-12H,1-5,10H2,(H,22,23). The van der Waals surface area contributed by atoms with Crippen LogP contribution in [0.4, 0.5) is 11.5 Å². The Morgan fingerprint density at radius 1 is 0.962 bits per heavy atom. The lowest BCUT2D eigenvalue weighted by atomic mass is 10.1. The fourth-order valence-corrected chi connectivity index (χ4v) is 3.54. The van der Waals surface area contributed by atoms with Crippen molar-refractivity contribution in [3.05, 3.63) is 52.4 Å². The van der Waals surface area contributed by atoms with Crippen LogP contribution in [0.5, 0.6) is 0 Å².